The van der Waals surface area contributed by atoms with Crippen molar-refractivity contribution in [1.29, 1.82) is 0 Å². The normalized spacial score (nSPS) is 32.0. The zero-order chi connectivity index (χ0) is 12.5. The van der Waals surface area contributed by atoms with Gasteiger partial charge in [0.15, 0.2) is 0 Å². The maximum Gasteiger partial charge on any atom is 0.107 e. The predicted molar refractivity (Wildman–Crippen MR) is 75.6 cm³/mol. The van der Waals surface area contributed by atoms with Gasteiger partial charge in [-0.05, 0) is 31.1 Å². The Morgan fingerprint density at radius 2 is 2.33 bits per heavy atom. The first kappa shape index (κ1) is 12.6. The highest BCUT2D eigenvalue weighted by molar-refractivity contribution is 7.09. The average molecular weight is 265 g/mol. The second-order valence-corrected chi connectivity index (χ2v) is 6.78. The van der Waals surface area contributed by atoms with E-state index < -0.39 is 0 Å². The van der Waals surface area contributed by atoms with E-state index in [1.54, 1.807) is 0 Å². The number of thiazole rings is 1. The van der Waals surface area contributed by atoms with E-state index in [9.17, 15) is 0 Å². The SMILES string of the molecule is CCCc1csc(CN2CC3CCC(N)C3C2)n1. The van der Waals surface area contributed by atoms with Gasteiger partial charge in [0.2, 0.25) is 0 Å². The molecule has 3 unspecified atom stereocenters. The Bertz CT molecular complexity index is 403. The molecule has 3 rings (SSSR count). The lowest BCUT2D eigenvalue weighted by Crippen LogP contribution is -2.30. The van der Waals surface area contributed by atoms with Crippen LogP contribution in [0.25, 0.3) is 0 Å². The lowest BCUT2D eigenvalue weighted by Gasteiger charge is -2.16. The lowest BCUT2D eigenvalue weighted by atomic mass is 9.98. The zero-order valence-electron chi connectivity index (χ0n) is 11.1. The molecule has 100 valence electrons. The molecule has 2 heterocycles. The summed E-state index contributed by atoms with van der Waals surface area (Å²) in [6.45, 7) is 5.67. The summed E-state index contributed by atoms with van der Waals surface area (Å²) in [5.41, 5.74) is 7.45. The molecule has 2 fully saturated rings. The van der Waals surface area contributed by atoms with Crippen LogP contribution < -0.4 is 5.73 Å². The fraction of sp³-hybridized carbons (Fsp3) is 0.786. The quantitative estimate of drug-likeness (QED) is 0.908. The van der Waals surface area contributed by atoms with E-state index in [4.69, 9.17) is 10.7 Å². The Hall–Kier alpha value is -0.450. The number of likely N-dealkylation sites (tertiary alicyclic amines) is 1. The van der Waals surface area contributed by atoms with E-state index in [-0.39, 0.29) is 0 Å². The van der Waals surface area contributed by atoms with Crippen LogP contribution in [0.4, 0.5) is 0 Å². The summed E-state index contributed by atoms with van der Waals surface area (Å²) in [7, 11) is 0. The number of nitrogens with zero attached hydrogens (tertiary/aromatic N) is 2. The highest BCUT2D eigenvalue weighted by Gasteiger charge is 2.40. The number of hydrogen-bond acceptors (Lipinski definition) is 4. The molecule has 1 aromatic heterocycles. The summed E-state index contributed by atoms with van der Waals surface area (Å²) in [5, 5.41) is 3.51. The van der Waals surface area contributed by atoms with Gasteiger partial charge in [-0.25, -0.2) is 4.98 Å². The van der Waals surface area contributed by atoms with Gasteiger partial charge < -0.3 is 5.73 Å². The molecule has 0 spiro atoms. The molecule has 1 aliphatic carbocycles. The van der Waals surface area contributed by atoms with Crippen LogP contribution in [0.2, 0.25) is 0 Å². The van der Waals surface area contributed by atoms with E-state index in [2.05, 4.69) is 17.2 Å². The summed E-state index contributed by atoms with van der Waals surface area (Å²) in [4.78, 5) is 7.28. The van der Waals surface area contributed by atoms with E-state index in [1.807, 2.05) is 11.3 Å². The molecule has 1 aliphatic heterocycles. The van der Waals surface area contributed by atoms with Crippen molar-refractivity contribution in [2.24, 2.45) is 17.6 Å². The minimum absolute atomic E-state index is 0.451. The third-order valence-corrected chi connectivity index (χ3v) is 5.33. The lowest BCUT2D eigenvalue weighted by molar-refractivity contribution is 0.297. The maximum absolute atomic E-state index is 6.18. The molecule has 1 aromatic rings. The second-order valence-electron chi connectivity index (χ2n) is 5.84. The summed E-state index contributed by atoms with van der Waals surface area (Å²) in [5.74, 6) is 1.61. The van der Waals surface area contributed by atoms with Gasteiger partial charge in [-0.2, -0.15) is 0 Å². The van der Waals surface area contributed by atoms with E-state index in [1.165, 1.54) is 43.1 Å². The Balaban J connectivity index is 1.57. The van der Waals surface area contributed by atoms with E-state index in [0.29, 0.717) is 6.04 Å². The Labute approximate surface area is 113 Å². The first-order chi connectivity index (χ1) is 8.76. The Kier molecular flexibility index (Phi) is 3.68. The minimum Gasteiger partial charge on any atom is -0.327 e. The molecule has 1 saturated heterocycles. The van der Waals surface area contributed by atoms with Crippen molar-refractivity contribution < 1.29 is 0 Å². The zero-order valence-corrected chi connectivity index (χ0v) is 12.0. The van der Waals surface area contributed by atoms with Crippen molar-refractivity contribution in [3.63, 3.8) is 0 Å². The largest absolute Gasteiger partial charge is 0.327 e. The summed E-state index contributed by atoms with van der Waals surface area (Å²) in [6.07, 6.45) is 4.88. The maximum atomic E-state index is 6.18. The molecule has 2 N–H and O–H groups in total. The molecule has 3 nitrogen and oxygen atoms in total. The Morgan fingerprint density at radius 3 is 3.11 bits per heavy atom. The first-order valence-corrected chi connectivity index (χ1v) is 8.05. The van der Waals surface area contributed by atoms with Gasteiger partial charge >= 0.3 is 0 Å². The second kappa shape index (κ2) is 5.27. The summed E-state index contributed by atoms with van der Waals surface area (Å²) < 4.78 is 0. The van der Waals surface area contributed by atoms with Crippen LogP contribution in [0.5, 0.6) is 0 Å². The van der Waals surface area contributed by atoms with Gasteiger partial charge in [0.05, 0.1) is 12.2 Å². The third-order valence-electron chi connectivity index (χ3n) is 4.45. The number of aryl methyl sites for hydroxylation is 1. The van der Waals surface area contributed by atoms with E-state index in [0.717, 1.165) is 24.8 Å². The van der Waals surface area contributed by atoms with Gasteiger partial charge in [-0.1, -0.05) is 13.3 Å². The molecular weight excluding hydrogens is 242 g/mol. The average Bonchev–Trinajstić information content (AvgIpc) is 3.00. The first-order valence-electron chi connectivity index (χ1n) is 7.17. The van der Waals surface area contributed by atoms with E-state index >= 15 is 0 Å². The van der Waals surface area contributed by atoms with Gasteiger partial charge in [0.1, 0.15) is 5.01 Å². The van der Waals surface area contributed by atoms with Gasteiger partial charge in [-0.3, -0.25) is 4.90 Å². The van der Waals surface area contributed by atoms with Crippen LogP contribution in [0.1, 0.15) is 36.9 Å². The fourth-order valence-corrected chi connectivity index (χ4v) is 4.38. The Morgan fingerprint density at radius 1 is 1.44 bits per heavy atom. The predicted octanol–water partition coefficient (Wildman–Crippen LogP) is 2.26. The molecule has 2 aliphatic rings. The smallest absolute Gasteiger partial charge is 0.107 e. The van der Waals surface area contributed by atoms with Crippen LogP contribution in [0.15, 0.2) is 5.38 Å². The molecule has 0 bridgehead atoms. The van der Waals surface area contributed by atoms with Crippen molar-refractivity contribution in [3.8, 4) is 0 Å². The number of rotatable bonds is 4. The van der Waals surface area contributed by atoms with Crippen molar-refractivity contribution in [3.05, 3.63) is 16.1 Å². The molecule has 0 radical (unpaired) electrons. The number of hydrogen-bond donors (Lipinski definition) is 1. The highest BCUT2D eigenvalue weighted by atomic mass is 32.1. The molecule has 0 amide bonds. The number of fused-ring (bicyclic) bond motifs is 1. The minimum atomic E-state index is 0.451. The molecule has 0 aromatic carbocycles. The van der Waals surface area contributed by atoms with Crippen LogP contribution in [-0.4, -0.2) is 29.0 Å². The van der Waals surface area contributed by atoms with Crippen molar-refractivity contribution >= 4 is 11.3 Å². The third kappa shape index (κ3) is 2.46. The van der Waals surface area contributed by atoms with Crippen molar-refractivity contribution in [2.45, 2.75) is 45.2 Å². The number of aromatic nitrogens is 1. The molecule has 18 heavy (non-hydrogen) atoms. The topological polar surface area (TPSA) is 42.1 Å². The highest BCUT2D eigenvalue weighted by Crippen LogP contribution is 2.37. The van der Waals surface area contributed by atoms with Crippen molar-refractivity contribution in [2.75, 3.05) is 13.1 Å². The van der Waals surface area contributed by atoms with Crippen molar-refractivity contribution in [1.82, 2.24) is 9.88 Å². The molecule has 4 heteroatoms. The molecule has 3 atom stereocenters. The number of nitrogens with two attached hydrogens (primary N) is 1. The van der Waals surface area contributed by atoms with Crippen LogP contribution in [0.3, 0.4) is 0 Å². The monoisotopic (exact) mass is 265 g/mol. The van der Waals surface area contributed by atoms with Gasteiger partial charge in [-0.15, -0.1) is 11.3 Å². The van der Waals surface area contributed by atoms with Gasteiger partial charge in [0.25, 0.3) is 0 Å². The van der Waals surface area contributed by atoms with Gasteiger partial charge in [0, 0.05) is 24.5 Å². The van der Waals surface area contributed by atoms with Crippen LogP contribution in [0, 0.1) is 11.8 Å². The molecule has 1 saturated carbocycles. The van der Waals surface area contributed by atoms with Crippen LogP contribution in [-0.2, 0) is 13.0 Å². The van der Waals surface area contributed by atoms with Crippen LogP contribution >= 0.6 is 11.3 Å². The molecular formula is C14H23N3S. The standard InChI is InChI=1S/C14H23N3S/c1-2-3-11-9-18-14(16-11)8-17-6-10-4-5-13(15)12(10)7-17/h9-10,12-13H,2-8,15H2,1H3. The summed E-state index contributed by atoms with van der Waals surface area (Å²) >= 11 is 1.82. The fourth-order valence-electron chi connectivity index (χ4n) is 3.51. The summed E-state index contributed by atoms with van der Waals surface area (Å²) in [6, 6.07) is 0.451.